The Hall–Kier alpha value is -0.000000000000000111. The fraction of sp³-hybridized carbons (Fsp3) is 0.750. The van der Waals surface area contributed by atoms with Crippen molar-refractivity contribution in [2.24, 2.45) is 10.1 Å². The second-order valence-corrected chi connectivity index (χ2v) is 2.30. The van der Waals surface area contributed by atoms with Crippen molar-refractivity contribution in [1.29, 1.82) is 5.53 Å². The van der Waals surface area contributed by atoms with Gasteiger partial charge in [0.2, 0.25) is 0 Å². The normalized spacial score (nSPS) is 35.6. The first kappa shape index (κ1) is 6.12. The van der Waals surface area contributed by atoms with E-state index in [2.05, 4.69) is 32.7 Å². The van der Waals surface area contributed by atoms with Crippen molar-refractivity contribution in [1.82, 2.24) is 0 Å². The summed E-state index contributed by atoms with van der Waals surface area (Å²) in [5.41, 5.74) is 6.58. The van der Waals surface area contributed by atoms with Gasteiger partial charge >= 0.3 is 0 Å². The molecule has 2 atom stereocenters. The van der Waals surface area contributed by atoms with Gasteiger partial charge in [-0.05, 0) is 29.0 Å². The van der Waals surface area contributed by atoms with E-state index in [0.29, 0.717) is 6.04 Å². The zero-order chi connectivity index (χ0) is 5.98. The Morgan fingerprint density at radius 1 is 1.62 bits per heavy atom. The lowest BCUT2D eigenvalue weighted by Gasteiger charge is -1.77. The molecule has 1 unspecified atom stereocenters. The van der Waals surface area contributed by atoms with E-state index in [1.807, 2.05) is 0 Å². The minimum Gasteiger partial charge on any atom is -0.281 e. The second-order valence-electron chi connectivity index (χ2n) is 1.75. The zero-order valence-electron chi connectivity index (χ0n) is 4.21. The summed E-state index contributed by atoms with van der Waals surface area (Å²) in [6, 6.07) is 0.547. The lowest BCUT2D eigenvalue weighted by atomic mass is 10.7. The van der Waals surface area contributed by atoms with Gasteiger partial charge in [-0.3, -0.25) is 4.99 Å². The van der Waals surface area contributed by atoms with Crippen molar-refractivity contribution < 1.29 is 0 Å². The van der Waals surface area contributed by atoms with Crippen molar-refractivity contribution in [2.45, 2.75) is 18.5 Å². The number of aliphatic imine (C=N–C) groups is 1. The molecule has 1 rings (SSSR count). The van der Waals surface area contributed by atoms with Crippen LogP contribution in [-0.4, -0.2) is 16.3 Å². The van der Waals surface area contributed by atoms with Gasteiger partial charge in [0, 0.05) is 0 Å². The first-order valence-corrected chi connectivity index (χ1v) is 3.61. The molecule has 0 heterocycles. The van der Waals surface area contributed by atoms with Crippen LogP contribution in [0.25, 0.3) is 0 Å². The third-order valence-electron chi connectivity index (χ3n) is 1.14. The molecular weight excluding hydrogens is 217 g/mol. The van der Waals surface area contributed by atoms with Crippen molar-refractivity contribution in [3.63, 3.8) is 0 Å². The molecule has 4 heteroatoms. The number of hydrogen-bond acceptors (Lipinski definition) is 3. The number of nitrogens with one attached hydrogen (secondary N) is 1. The average Bonchev–Trinajstić information content (AvgIpc) is 2.48. The van der Waals surface area contributed by atoms with Gasteiger partial charge in [-0.15, -0.1) is 0 Å². The third-order valence-corrected chi connectivity index (χ3v) is 1.46. The molecule has 3 nitrogen and oxygen atoms in total. The first-order valence-electron chi connectivity index (χ1n) is 2.37. The summed E-state index contributed by atoms with van der Waals surface area (Å²) >= 11 is 2.07. The average molecular weight is 223 g/mol. The SMILES string of the molecule is N=N[C@@H]1CC1/N=C\I. The van der Waals surface area contributed by atoms with Crippen molar-refractivity contribution in [2.75, 3.05) is 0 Å². The van der Waals surface area contributed by atoms with E-state index in [4.69, 9.17) is 5.53 Å². The summed E-state index contributed by atoms with van der Waals surface area (Å²) in [5, 5.41) is 3.33. The summed E-state index contributed by atoms with van der Waals surface area (Å²) < 4.78 is 1.74. The van der Waals surface area contributed by atoms with Gasteiger partial charge in [0.05, 0.1) is 16.3 Å². The molecule has 1 fully saturated rings. The molecule has 0 aromatic rings. The van der Waals surface area contributed by atoms with Crippen LogP contribution in [0, 0.1) is 5.53 Å². The number of rotatable bonds is 2. The van der Waals surface area contributed by atoms with Crippen LogP contribution in [0.15, 0.2) is 10.1 Å². The standard InChI is InChI=1S/C4H6IN3/c5-2-7-3-1-4(3)8-6/h2-4,6H,1H2/b7-2-,8-6?/t3?,4-/m1/s1. The lowest BCUT2D eigenvalue weighted by Crippen LogP contribution is -1.81. The van der Waals surface area contributed by atoms with Crippen LogP contribution in [0.3, 0.4) is 0 Å². The molecule has 0 aliphatic heterocycles. The fourth-order valence-corrected chi connectivity index (χ4v) is 0.953. The van der Waals surface area contributed by atoms with Crippen molar-refractivity contribution >= 4 is 26.8 Å². The monoisotopic (exact) mass is 223 g/mol. The largest absolute Gasteiger partial charge is 0.281 e. The molecule has 0 radical (unpaired) electrons. The Morgan fingerprint density at radius 2 is 2.38 bits per heavy atom. The Morgan fingerprint density at radius 3 is 2.75 bits per heavy atom. The van der Waals surface area contributed by atoms with E-state index in [1.165, 1.54) is 0 Å². The minimum absolute atomic E-state index is 0.209. The van der Waals surface area contributed by atoms with Gasteiger partial charge in [0.1, 0.15) is 0 Å². The molecule has 1 saturated carbocycles. The molecule has 44 valence electrons. The predicted molar refractivity (Wildman–Crippen MR) is 39.9 cm³/mol. The summed E-state index contributed by atoms with van der Waals surface area (Å²) in [4.78, 5) is 4.04. The molecule has 0 aromatic heterocycles. The molecule has 1 aliphatic carbocycles. The lowest BCUT2D eigenvalue weighted by molar-refractivity contribution is 0.862. The number of halogens is 1. The van der Waals surface area contributed by atoms with Crippen LogP contribution in [0.1, 0.15) is 6.42 Å². The fourth-order valence-electron chi connectivity index (χ4n) is 0.540. The summed E-state index contributed by atoms with van der Waals surface area (Å²) in [6.07, 6.45) is 0.975. The van der Waals surface area contributed by atoms with Crippen LogP contribution in [0.5, 0.6) is 0 Å². The minimum atomic E-state index is 0.209. The molecule has 0 amide bonds. The highest BCUT2D eigenvalue weighted by Gasteiger charge is 2.36. The van der Waals surface area contributed by atoms with E-state index >= 15 is 0 Å². The molecule has 8 heavy (non-hydrogen) atoms. The molecule has 0 aromatic carbocycles. The van der Waals surface area contributed by atoms with Crippen LogP contribution in [0.2, 0.25) is 0 Å². The summed E-state index contributed by atoms with van der Waals surface area (Å²) in [7, 11) is 0. The maximum atomic E-state index is 6.58. The molecule has 1 N–H and O–H groups in total. The highest BCUT2D eigenvalue weighted by atomic mass is 127. The van der Waals surface area contributed by atoms with E-state index in [9.17, 15) is 0 Å². The molecular formula is C4H6IN3. The van der Waals surface area contributed by atoms with Gasteiger partial charge in [-0.25, -0.2) is 5.53 Å². The Balaban J connectivity index is 2.26. The van der Waals surface area contributed by atoms with Gasteiger partial charge in [-0.1, -0.05) is 0 Å². The van der Waals surface area contributed by atoms with Crippen molar-refractivity contribution in [3.8, 4) is 0 Å². The van der Waals surface area contributed by atoms with Crippen LogP contribution in [-0.2, 0) is 0 Å². The van der Waals surface area contributed by atoms with E-state index < -0.39 is 0 Å². The molecule has 0 saturated heterocycles. The highest BCUT2D eigenvalue weighted by Crippen LogP contribution is 2.28. The summed E-state index contributed by atoms with van der Waals surface area (Å²) in [6.45, 7) is 0. The molecule has 0 spiro atoms. The van der Waals surface area contributed by atoms with E-state index in [-0.39, 0.29) is 6.04 Å². The van der Waals surface area contributed by atoms with E-state index in [0.717, 1.165) is 6.42 Å². The van der Waals surface area contributed by atoms with Crippen molar-refractivity contribution in [3.05, 3.63) is 0 Å². The maximum absolute atomic E-state index is 6.58. The highest BCUT2D eigenvalue weighted by molar-refractivity contribution is 14.1. The summed E-state index contributed by atoms with van der Waals surface area (Å²) in [5.74, 6) is 0. The van der Waals surface area contributed by atoms with Gasteiger partial charge in [0.25, 0.3) is 0 Å². The number of nitrogens with zero attached hydrogens (tertiary/aromatic N) is 2. The van der Waals surface area contributed by atoms with Crippen LogP contribution >= 0.6 is 22.6 Å². The Labute approximate surface area is 61.2 Å². The van der Waals surface area contributed by atoms with E-state index in [1.54, 1.807) is 4.22 Å². The van der Waals surface area contributed by atoms with Crippen LogP contribution in [0.4, 0.5) is 0 Å². The molecule has 1 aliphatic rings. The molecule has 0 bridgehead atoms. The third kappa shape index (κ3) is 1.24. The zero-order valence-corrected chi connectivity index (χ0v) is 6.37. The first-order chi connectivity index (χ1) is 3.88. The quantitative estimate of drug-likeness (QED) is 0.420. The topological polar surface area (TPSA) is 48.6 Å². The van der Waals surface area contributed by atoms with Gasteiger partial charge in [0.15, 0.2) is 0 Å². The maximum Gasteiger partial charge on any atom is 0.0950 e. The predicted octanol–water partition coefficient (Wildman–Crippen LogP) is 1.62. The van der Waals surface area contributed by atoms with Crippen LogP contribution < -0.4 is 0 Å². The second kappa shape index (κ2) is 2.52. The number of hydrogen-bond donors (Lipinski definition) is 1. The van der Waals surface area contributed by atoms with Gasteiger partial charge < -0.3 is 0 Å². The smallest absolute Gasteiger partial charge is 0.0950 e. The Bertz CT molecular complexity index is 122. The van der Waals surface area contributed by atoms with Gasteiger partial charge in [-0.2, -0.15) is 5.11 Å². The Kier molecular flexibility index (Phi) is 1.93.